The Hall–Kier alpha value is -1.32. The third-order valence-electron chi connectivity index (χ3n) is 3.48. The average Bonchev–Trinajstić information content (AvgIpc) is 2.87. The summed E-state index contributed by atoms with van der Waals surface area (Å²) >= 11 is 6.20. The largest absolute Gasteiger partial charge is 0.313 e. The Labute approximate surface area is 119 Å². The zero-order valence-electron chi connectivity index (χ0n) is 11.7. The minimum atomic E-state index is 0.258. The van der Waals surface area contributed by atoms with Crippen molar-refractivity contribution in [2.45, 2.75) is 32.9 Å². The van der Waals surface area contributed by atoms with E-state index in [1.54, 1.807) is 0 Å². The van der Waals surface area contributed by atoms with Crippen LogP contribution in [0.15, 0.2) is 30.6 Å². The highest BCUT2D eigenvalue weighted by molar-refractivity contribution is 6.31. The normalized spacial score (nSPS) is 12.6. The van der Waals surface area contributed by atoms with Crippen molar-refractivity contribution in [2.24, 2.45) is 0 Å². The lowest BCUT2D eigenvalue weighted by atomic mass is 9.97. The van der Waals surface area contributed by atoms with Crippen LogP contribution in [0.25, 0.3) is 0 Å². The lowest BCUT2D eigenvalue weighted by Crippen LogP contribution is -2.19. The third kappa shape index (κ3) is 3.17. The first-order chi connectivity index (χ1) is 9.15. The van der Waals surface area contributed by atoms with Gasteiger partial charge >= 0.3 is 0 Å². The van der Waals surface area contributed by atoms with E-state index in [0.29, 0.717) is 0 Å². The number of halogens is 1. The molecular weight excluding hydrogens is 258 g/mol. The number of aryl methyl sites for hydroxylation is 1. The summed E-state index contributed by atoms with van der Waals surface area (Å²) in [5.41, 5.74) is 3.63. The Kier molecular flexibility index (Phi) is 4.61. The number of aromatic nitrogens is 2. The zero-order chi connectivity index (χ0) is 13.8. The molecule has 1 N–H and O–H groups in total. The van der Waals surface area contributed by atoms with Crippen molar-refractivity contribution in [3.05, 3.63) is 52.3 Å². The van der Waals surface area contributed by atoms with Gasteiger partial charge in [-0.2, -0.15) is 5.10 Å². The first-order valence-electron chi connectivity index (χ1n) is 6.59. The highest BCUT2D eigenvalue weighted by atomic mass is 35.5. The molecule has 1 unspecified atom stereocenters. The van der Waals surface area contributed by atoms with Crippen molar-refractivity contribution >= 4 is 11.6 Å². The molecule has 102 valence electrons. The van der Waals surface area contributed by atoms with Gasteiger partial charge in [0.2, 0.25) is 0 Å². The smallest absolute Gasteiger partial charge is 0.0522 e. The standard InChI is InChI=1S/C15H20ClN3/c1-4-19-10-12(9-18-19)8-15(17-3)13-6-5-7-14(16)11(13)2/h5-7,9-10,15,17H,4,8H2,1-3H3. The number of nitrogens with one attached hydrogen (secondary N) is 1. The molecule has 0 fully saturated rings. The minimum absolute atomic E-state index is 0.258. The van der Waals surface area contributed by atoms with E-state index in [1.165, 1.54) is 11.1 Å². The summed E-state index contributed by atoms with van der Waals surface area (Å²) in [5.74, 6) is 0. The zero-order valence-corrected chi connectivity index (χ0v) is 12.4. The Morgan fingerprint density at radius 1 is 1.42 bits per heavy atom. The quantitative estimate of drug-likeness (QED) is 0.908. The third-order valence-corrected chi connectivity index (χ3v) is 3.89. The molecule has 0 saturated heterocycles. The fourth-order valence-electron chi connectivity index (χ4n) is 2.29. The van der Waals surface area contributed by atoms with Crippen LogP contribution in [0.1, 0.15) is 29.7 Å². The Bertz CT molecular complexity index is 548. The highest BCUT2D eigenvalue weighted by Gasteiger charge is 2.14. The summed E-state index contributed by atoms with van der Waals surface area (Å²) in [6.07, 6.45) is 4.95. The van der Waals surface area contributed by atoms with Crippen LogP contribution in [0.3, 0.4) is 0 Å². The molecule has 4 heteroatoms. The number of hydrogen-bond donors (Lipinski definition) is 1. The second kappa shape index (κ2) is 6.22. The van der Waals surface area contributed by atoms with Gasteiger partial charge in [-0.15, -0.1) is 0 Å². The van der Waals surface area contributed by atoms with Crippen molar-refractivity contribution in [3.8, 4) is 0 Å². The molecule has 0 saturated carbocycles. The summed E-state index contributed by atoms with van der Waals surface area (Å²) in [4.78, 5) is 0. The number of rotatable bonds is 5. The molecule has 0 amide bonds. The summed E-state index contributed by atoms with van der Waals surface area (Å²) in [6, 6.07) is 6.33. The monoisotopic (exact) mass is 277 g/mol. The van der Waals surface area contributed by atoms with E-state index in [4.69, 9.17) is 11.6 Å². The molecule has 1 aromatic carbocycles. The van der Waals surface area contributed by atoms with Crippen LogP contribution in [0.4, 0.5) is 0 Å². The summed E-state index contributed by atoms with van der Waals surface area (Å²) in [6.45, 7) is 5.06. The van der Waals surface area contributed by atoms with Crippen molar-refractivity contribution in [1.29, 1.82) is 0 Å². The van der Waals surface area contributed by atoms with Crippen LogP contribution < -0.4 is 5.32 Å². The SMILES string of the molecule is CCn1cc(CC(NC)c2cccc(Cl)c2C)cn1. The van der Waals surface area contributed by atoms with E-state index >= 15 is 0 Å². The molecule has 19 heavy (non-hydrogen) atoms. The molecule has 1 aromatic heterocycles. The van der Waals surface area contributed by atoms with Crippen molar-refractivity contribution in [3.63, 3.8) is 0 Å². The molecule has 0 bridgehead atoms. The fraction of sp³-hybridized carbons (Fsp3) is 0.400. The van der Waals surface area contributed by atoms with E-state index < -0.39 is 0 Å². The minimum Gasteiger partial charge on any atom is -0.313 e. The van der Waals surface area contributed by atoms with Crippen LogP contribution in [0, 0.1) is 6.92 Å². The molecule has 0 aliphatic carbocycles. The van der Waals surface area contributed by atoms with Gasteiger partial charge in [0.05, 0.1) is 6.20 Å². The van der Waals surface area contributed by atoms with Crippen LogP contribution in [0.5, 0.6) is 0 Å². The van der Waals surface area contributed by atoms with E-state index in [-0.39, 0.29) is 6.04 Å². The molecule has 0 aliphatic heterocycles. The number of nitrogens with zero attached hydrogens (tertiary/aromatic N) is 2. The second-order valence-corrected chi connectivity index (χ2v) is 5.11. The summed E-state index contributed by atoms with van der Waals surface area (Å²) < 4.78 is 1.95. The number of likely N-dealkylation sites (N-methyl/N-ethyl adjacent to an activating group) is 1. The molecule has 1 heterocycles. The predicted octanol–water partition coefficient (Wildman–Crippen LogP) is 3.37. The van der Waals surface area contributed by atoms with Crippen LogP contribution in [-0.2, 0) is 13.0 Å². The van der Waals surface area contributed by atoms with Gasteiger partial charge in [0.15, 0.2) is 0 Å². The Balaban J connectivity index is 2.22. The predicted molar refractivity (Wildman–Crippen MR) is 79.6 cm³/mol. The molecule has 2 rings (SSSR count). The van der Waals surface area contributed by atoms with Crippen molar-refractivity contribution < 1.29 is 0 Å². The van der Waals surface area contributed by atoms with Crippen LogP contribution in [-0.4, -0.2) is 16.8 Å². The maximum Gasteiger partial charge on any atom is 0.0522 e. The van der Waals surface area contributed by atoms with E-state index in [0.717, 1.165) is 23.6 Å². The van der Waals surface area contributed by atoms with Gasteiger partial charge < -0.3 is 5.32 Å². The lowest BCUT2D eigenvalue weighted by molar-refractivity contribution is 0.588. The van der Waals surface area contributed by atoms with Gasteiger partial charge in [0, 0.05) is 23.8 Å². The van der Waals surface area contributed by atoms with Gasteiger partial charge in [-0.25, -0.2) is 0 Å². The van der Waals surface area contributed by atoms with Gasteiger partial charge in [0.25, 0.3) is 0 Å². The topological polar surface area (TPSA) is 29.9 Å². The Morgan fingerprint density at radius 3 is 2.84 bits per heavy atom. The van der Waals surface area contributed by atoms with E-state index in [2.05, 4.69) is 36.5 Å². The number of benzene rings is 1. The van der Waals surface area contributed by atoms with E-state index in [1.807, 2.05) is 30.1 Å². The molecule has 0 spiro atoms. The molecule has 0 aliphatic rings. The molecule has 0 radical (unpaired) electrons. The first kappa shape index (κ1) is 14.1. The van der Waals surface area contributed by atoms with Gasteiger partial charge in [-0.05, 0) is 50.1 Å². The van der Waals surface area contributed by atoms with Crippen molar-refractivity contribution in [2.75, 3.05) is 7.05 Å². The summed E-state index contributed by atoms with van der Waals surface area (Å²) in [7, 11) is 1.98. The van der Waals surface area contributed by atoms with Crippen LogP contribution >= 0.6 is 11.6 Å². The van der Waals surface area contributed by atoms with Gasteiger partial charge in [0.1, 0.15) is 0 Å². The second-order valence-electron chi connectivity index (χ2n) is 4.70. The first-order valence-corrected chi connectivity index (χ1v) is 6.97. The van der Waals surface area contributed by atoms with Crippen molar-refractivity contribution in [1.82, 2.24) is 15.1 Å². The highest BCUT2D eigenvalue weighted by Crippen LogP contribution is 2.26. The molecule has 1 atom stereocenters. The fourth-order valence-corrected chi connectivity index (χ4v) is 2.47. The van der Waals surface area contributed by atoms with Crippen LogP contribution in [0.2, 0.25) is 5.02 Å². The van der Waals surface area contributed by atoms with Gasteiger partial charge in [-0.3, -0.25) is 4.68 Å². The number of hydrogen-bond acceptors (Lipinski definition) is 2. The summed E-state index contributed by atoms with van der Waals surface area (Å²) in [5, 5.41) is 8.51. The molecule has 3 nitrogen and oxygen atoms in total. The average molecular weight is 278 g/mol. The maximum absolute atomic E-state index is 6.20. The van der Waals surface area contributed by atoms with Gasteiger partial charge in [-0.1, -0.05) is 23.7 Å². The molecule has 2 aromatic rings. The maximum atomic E-state index is 6.20. The van der Waals surface area contributed by atoms with E-state index in [9.17, 15) is 0 Å². The Morgan fingerprint density at radius 2 is 2.21 bits per heavy atom. The lowest BCUT2D eigenvalue weighted by Gasteiger charge is -2.18. The molecular formula is C15H20ClN3.